The predicted octanol–water partition coefficient (Wildman–Crippen LogP) is 5.76. The van der Waals surface area contributed by atoms with Crippen LogP contribution in [-0.2, 0) is 0 Å². The van der Waals surface area contributed by atoms with E-state index in [1.165, 1.54) is 0 Å². The van der Waals surface area contributed by atoms with Crippen molar-refractivity contribution in [2.75, 3.05) is 11.1 Å². The Morgan fingerprint density at radius 3 is 2.43 bits per heavy atom. The fourth-order valence-corrected chi connectivity index (χ4v) is 3.82. The Kier molecular flexibility index (Phi) is 4.37. The van der Waals surface area contributed by atoms with Gasteiger partial charge in [0.1, 0.15) is 5.52 Å². The molecule has 0 atom stereocenters. The van der Waals surface area contributed by atoms with E-state index in [0.29, 0.717) is 11.5 Å². The first-order valence-electron chi connectivity index (χ1n) is 6.34. The van der Waals surface area contributed by atoms with Crippen LogP contribution in [-0.4, -0.2) is 9.97 Å². The maximum Gasteiger partial charge on any atom is 0.205 e. The van der Waals surface area contributed by atoms with Gasteiger partial charge >= 0.3 is 0 Å². The monoisotopic (exact) mass is 508 g/mol. The zero-order valence-electron chi connectivity index (χ0n) is 11.6. The highest BCUT2D eigenvalue weighted by Gasteiger charge is 2.17. The third-order valence-corrected chi connectivity index (χ3v) is 6.61. The molecule has 0 aliphatic carbocycles. The van der Waals surface area contributed by atoms with Gasteiger partial charge < -0.3 is 16.0 Å². The van der Waals surface area contributed by atoms with Gasteiger partial charge in [0.2, 0.25) is 5.95 Å². The summed E-state index contributed by atoms with van der Waals surface area (Å²) in [4.78, 5) is 7.51. The average Bonchev–Trinajstić information content (AvgIpc) is 2.92. The van der Waals surface area contributed by atoms with Crippen LogP contribution in [0.5, 0.6) is 0 Å². The molecule has 0 aliphatic rings. The fourth-order valence-electron chi connectivity index (χ4n) is 2.10. The Hall–Kier alpha value is -1.19. The van der Waals surface area contributed by atoms with Crippen LogP contribution in [0.1, 0.15) is 5.56 Å². The van der Waals surface area contributed by atoms with Crippen LogP contribution in [0.4, 0.5) is 26.1 Å². The molecule has 0 saturated heterocycles. The highest BCUT2D eigenvalue weighted by Crippen LogP contribution is 2.40. The lowest BCUT2D eigenvalue weighted by atomic mass is 10.2. The number of nitrogens with zero attached hydrogens (tertiary/aromatic N) is 1. The maximum atomic E-state index is 13.4. The second kappa shape index (κ2) is 6.03. The van der Waals surface area contributed by atoms with Crippen LogP contribution in [0, 0.1) is 18.6 Å². The van der Waals surface area contributed by atoms with Crippen molar-refractivity contribution in [2.45, 2.75) is 6.92 Å². The largest absolute Gasteiger partial charge is 0.397 e. The molecule has 3 aromatic rings. The Labute approximate surface area is 155 Å². The first-order valence-corrected chi connectivity index (χ1v) is 8.71. The quantitative estimate of drug-likeness (QED) is 0.303. The number of halogens is 5. The van der Waals surface area contributed by atoms with E-state index < -0.39 is 11.6 Å². The minimum atomic E-state index is -0.997. The SMILES string of the molecule is Cc1c(Br)c(Br)c2nc(Nc3cc(F)c(F)cc3N)[nH]c2c1Br. The first-order chi connectivity index (χ1) is 10.8. The molecule has 0 aliphatic heterocycles. The molecule has 0 saturated carbocycles. The number of nitrogen functional groups attached to an aromatic ring is 1. The Morgan fingerprint density at radius 2 is 1.74 bits per heavy atom. The van der Waals surface area contributed by atoms with Gasteiger partial charge in [-0.3, -0.25) is 0 Å². The molecule has 23 heavy (non-hydrogen) atoms. The van der Waals surface area contributed by atoms with Gasteiger partial charge in [-0.1, -0.05) is 0 Å². The van der Waals surface area contributed by atoms with Crippen molar-refractivity contribution in [3.05, 3.63) is 42.7 Å². The second-order valence-corrected chi connectivity index (χ2v) is 7.23. The molecule has 2 aromatic carbocycles. The summed E-state index contributed by atoms with van der Waals surface area (Å²) in [5, 5.41) is 2.87. The van der Waals surface area contributed by atoms with Gasteiger partial charge in [0, 0.05) is 21.1 Å². The van der Waals surface area contributed by atoms with E-state index in [1.807, 2.05) is 6.92 Å². The topological polar surface area (TPSA) is 66.7 Å². The van der Waals surface area contributed by atoms with E-state index >= 15 is 0 Å². The van der Waals surface area contributed by atoms with Crippen LogP contribution in [0.3, 0.4) is 0 Å². The van der Waals surface area contributed by atoms with Gasteiger partial charge in [-0.15, -0.1) is 0 Å². The first kappa shape index (κ1) is 16.7. The van der Waals surface area contributed by atoms with Gasteiger partial charge in [0.15, 0.2) is 11.6 Å². The van der Waals surface area contributed by atoms with Crippen molar-refractivity contribution in [1.82, 2.24) is 9.97 Å². The van der Waals surface area contributed by atoms with Crippen molar-refractivity contribution in [1.29, 1.82) is 0 Å². The van der Waals surface area contributed by atoms with Crippen LogP contribution in [0.2, 0.25) is 0 Å². The normalized spacial score (nSPS) is 11.2. The molecule has 0 amide bonds. The Balaban J connectivity index is 2.11. The molecule has 0 fully saturated rings. The molecule has 0 radical (unpaired) electrons. The van der Waals surface area contributed by atoms with E-state index in [9.17, 15) is 8.78 Å². The minimum Gasteiger partial charge on any atom is -0.397 e. The number of aromatic amines is 1. The standard InChI is InChI=1S/C14H9Br3F2N4/c1-4-9(15)11(17)13-12(10(4)16)22-14(23-13)21-8-3-6(19)5(18)2-7(8)20/h2-3H,20H2,1H3,(H2,21,22,23). The highest BCUT2D eigenvalue weighted by molar-refractivity contribution is 9.13. The third kappa shape index (κ3) is 2.85. The van der Waals surface area contributed by atoms with Gasteiger partial charge in [0.25, 0.3) is 0 Å². The Bertz CT molecular complexity index is 895. The summed E-state index contributed by atoms with van der Waals surface area (Å²) in [6.07, 6.45) is 0. The number of benzene rings is 2. The number of fused-ring (bicyclic) bond motifs is 1. The molecule has 9 heteroatoms. The molecule has 120 valence electrons. The molecule has 0 spiro atoms. The van der Waals surface area contributed by atoms with Crippen LogP contribution < -0.4 is 11.1 Å². The number of hydrogen-bond acceptors (Lipinski definition) is 3. The van der Waals surface area contributed by atoms with Crippen molar-refractivity contribution in [2.24, 2.45) is 0 Å². The number of H-pyrrole nitrogens is 1. The summed E-state index contributed by atoms with van der Waals surface area (Å²) < 4.78 is 29.0. The predicted molar refractivity (Wildman–Crippen MR) is 98.0 cm³/mol. The summed E-state index contributed by atoms with van der Waals surface area (Å²) in [6, 6.07) is 1.91. The lowest BCUT2D eigenvalue weighted by Crippen LogP contribution is -2.00. The van der Waals surface area contributed by atoms with E-state index in [1.54, 1.807) is 0 Å². The van der Waals surface area contributed by atoms with Crippen molar-refractivity contribution in [3.63, 3.8) is 0 Å². The van der Waals surface area contributed by atoms with Gasteiger partial charge in [-0.2, -0.15) is 0 Å². The summed E-state index contributed by atoms with van der Waals surface area (Å²) >= 11 is 10.5. The van der Waals surface area contributed by atoms with Gasteiger partial charge in [-0.05, 0) is 60.3 Å². The van der Waals surface area contributed by atoms with Gasteiger partial charge in [-0.25, -0.2) is 13.8 Å². The average molecular weight is 511 g/mol. The van der Waals surface area contributed by atoms with Crippen LogP contribution >= 0.6 is 47.8 Å². The maximum absolute atomic E-state index is 13.4. The van der Waals surface area contributed by atoms with Crippen LogP contribution in [0.25, 0.3) is 11.0 Å². The number of nitrogens with one attached hydrogen (secondary N) is 2. The molecule has 1 heterocycles. The second-order valence-electron chi connectivity index (χ2n) is 4.85. The Morgan fingerprint density at radius 1 is 1.09 bits per heavy atom. The number of anilines is 3. The smallest absolute Gasteiger partial charge is 0.205 e. The van der Waals surface area contributed by atoms with E-state index in [2.05, 4.69) is 63.1 Å². The van der Waals surface area contributed by atoms with E-state index in [0.717, 1.165) is 36.6 Å². The molecule has 1 aromatic heterocycles. The molecular formula is C14H9Br3F2N4. The van der Waals surface area contributed by atoms with Crippen molar-refractivity contribution in [3.8, 4) is 0 Å². The minimum absolute atomic E-state index is 0.0832. The van der Waals surface area contributed by atoms with E-state index in [-0.39, 0.29) is 11.4 Å². The zero-order valence-corrected chi connectivity index (χ0v) is 16.3. The van der Waals surface area contributed by atoms with Gasteiger partial charge in [0.05, 0.1) is 21.4 Å². The lowest BCUT2D eigenvalue weighted by molar-refractivity contribution is 0.509. The molecule has 4 nitrogen and oxygen atoms in total. The molecule has 0 unspecified atom stereocenters. The highest BCUT2D eigenvalue weighted by atomic mass is 79.9. The lowest BCUT2D eigenvalue weighted by Gasteiger charge is -2.07. The fraction of sp³-hybridized carbons (Fsp3) is 0.0714. The molecule has 4 N–H and O–H groups in total. The van der Waals surface area contributed by atoms with E-state index in [4.69, 9.17) is 5.73 Å². The number of hydrogen-bond donors (Lipinski definition) is 3. The molecule has 3 rings (SSSR count). The summed E-state index contributed by atoms with van der Waals surface area (Å²) in [5.74, 6) is -1.63. The third-order valence-electron chi connectivity index (χ3n) is 3.33. The zero-order chi connectivity index (χ0) is 16.9. The number of rotatable bonds is 2. The van der Waals surface area contributed by atoms with Crippen LogP contribution in [0.15, 0.2) is 25.6 Å². The number of imidazole rings is 1. The van der Waals surface area contributed by atoms with Crippen molar-refractivity contribution < 1.29 is 8.78 Å². The van der Waals surface area contributed by atoms with Crippen molar-refractivity contribution >= 4 is 76.1 Å². The number of nitrogens with two attached hydrogens (primary N) is 1. The number of aromatic nitrogens is 2. The summed E-state index contributed by atoms with van der Waals surface area (Å²) in [7, 11) is 0. The summed E-state index contributed by atoms with van der Waals surface area (Å²) in [6.45, 7) is 1.94. The molecular weight excluding hydrogens is 502 g/mol. The summed E-state index contributed by atoms with van der Waals surface area (Å²) in [5.41, 5.74) is 8.45. The molecule has 0 bridgehead atoms.